The summed E-state index contributed by atoms with van der Waals surface area (Å²) in [7, 11) is 0. The number of ether oxygens (including phenoxy) is 1. The standard InChI is InChI=1S/C17H24F2O/c1-2-4-13-7-9-14(10-8-13)11-15-5-3-6-16(12-15)20-17(18)19/h3,5-6,12-14,17H,2,4,7-11H2,1H3. The SMILES string of the molecule is CCCC1CCC(Cc2cccc(OC(F)F)c2)CC1. The Balaban J connectivity index is 1.84. The molecule has 1 aliphatic carbocycles. The van der Waals surface area contributed by atoms with E-state index in [0.717, 1.165) is 17.9 Å². The summed E-state index contributed by atoms with van der Waals surface area (Å²) in [6.45, 7) is -0.490. The molecule has 1 aliphatic rings. The van der Waals surface area contributed by atoms with Crippen molar-refractivity contribution in [3.63, 3.8) is 0 Å². The maximum atomic E-state index is 12.2. The van der Waals surface area contributed by atoms with Crippen LogP contribution in [0.4, 0.5) is 8.78 Å². The van der Waals surface area contributed by atoms with Crippen molar-refractivity contribution in [2.24, 2.45) is 11.8 Å². The normalized spacial score (nSPS) is 23.0. The second kappa shape index (κ2) is 7.61. The highest BCUT2D eigenvalue weighted by molar-refractivity contribution is 5.28. The molecule has 0 amide bonds. The Morgan fingerprint density at radius 2 is 1.85 bits per heavy atom. The Hall–Kier alpha value is -1.12. The molecule has 1 fully saturated rings. The summed E-state index contributed by atoms with van der Waals surface area (Å²) >= 11 is 0. The summed E-state index contributed by atoms with van der Waals surface area (Å²) in [5.41, 5.74) is 1.11. The first-order chi connectivity index (χ1) is 9.67. The van der Waals surface area contributed by atoms with Gasteiger partial charge < -0.3 is 4.74 Å². The number of alkyl halides is 2. The highest BCUT2D eigenvalue weighted by Crippen LogP contribution is 2.33. The first kappa shape index (κ1) is 15.3. The Kier molecular flexibility index (Phi) is 5.81. The smallest absolute Gasteiger partial charge is 0.387 e. The van der Waals surface area contributed by atoms with Gasteiger partial charge in [0.05, 0.1) is 0 Å². The molecular formula is C17H24F2O. The van der Waals surface area contributed by atoms with Crippen molar-refractivity contribution >= 4 is 0 Å². The minimum atomic E-state index is -2.74. The van der Waals surface area contributed by atoms with Crippen LogP contribution in [0.2, 0.25) is 0 Å². The highest BCUT2D eigenvalue weighted by Gasteiger charge is 2.20. The van der Waals surface area contributed by atoms with E-state index in [-0.39, 0.29) is 5.75 Å². The average Bonchev–Trinajstić information content (AvgIpc) is 2.41. The molecule has 1 aromatic rings. The fourth-order valence-corrected chi connectivity index (χ4v) is 3.31. The predicted molar refractivity (Wildman–Crippen MR) is 77.1 cm³/mol. The molecule has 20 heavy (non-hydrogen) atoms. The monoisotopic (exact) mass is 282 g/mol. The third-order valence-corrected chi connectivity index (χ3v) is 4.31. The number of hydrogen-bond acceptors (Lipinski definition) is 1. The van der Waals surface area contributed by atoms with E-state index in [0.29, 0.717) is 5.92 Å². The number of hydrogen-bond donors (Lipinski definition) is 0. The molecule has 0 heterocycles. The zero-order valence-electron chi connectivity index (χ0n) is 12.2. The van der Waals surface area contributed by atoms with Crippen molar-refractivity contribution in [3.05, 3.63) is 29.8 Å². The molecule has 1 saturated carbocycles. The Morgan fingerprint density at radius 3 is 2.50 bits per heavy atom. The molecule has 0 saturated heterocycles. The van der Waals surface area contributed by atoms with Gasteiger partial charge in [0.15, 0.2) is 0 Å². The van der Waals surface area contributed by atoms with Crippen LogP contribution in [0.1, 0.15) is 51.0 Å². The van der Waals surface area contributed by atoms with Crippen molar-refractivity contribution in [3.8, 4) is 5.75 Å². The molecule has 0 radical (unpaired) electrons. The van der Waals surface area contributed by atoms with Crippen LogP contribution < -0.4 is 4.74 Å². The lowest BCUT2D eigenvalue weighted by Gasteiger charge is -2.28. The molecule has 1 aromatic carbocycles. The third kappa shape index (κ3) is 4.77. The molecule has 0 bridgehead atoms. The van der Waals surface area contributed by atoms with Crippen molar-refractivity contribution < 1.29 is 13.5 Å². The molecule has 1 nitrogen and oxygen atoms in total. The van der Waals surface area contributed by atoms with E-state index in [9.17, 15) is 8.78 Å². The van der Waals surface area contributed by atoms with Crippen molar-refractivity contribution in [1.29, 1.82) is 0 Å². The van der Waals surface area contributed by atoms with Gasteiger partial charge in [0, 0.05) is 0 Å². The Labute approximate surface area is 120 Å². The van der Waals surface area contributed by atoms with Crippen LogP contribution in [0.5, 0.6) is 5.75 Å². The molecule has 3 heteroatoms. The molecular weight excluding hydrogens is 258 g/mol. The van der Waals surface area contributed by atoms with Gasteiger partial charge in [-0.15, -0.1) is 0 Å². The summed E-state index contributed by atoms with van der Waals surface area (Å²) in [4.78, 5) is 0. The number of rotatable bonds is 6. The van der Waals surface area contributed by atoms with Gasteiger partial charge in [-0.05, 0) is 48.8 Å². The van der Waals surface area contributed by atoms with E-state index in [2.05, 4.69) is 11.7 Å². The second-order valence-corrected chi connectivity index (χ2v) is 5.91. The molecule has 0 aromatic heterocycles. The van der Waals surface area contributed by atoms with Crippen LogP contribution in [-0.4, -0.2) is 6.61 Å². The summed E-state index contributed by atoms with van der Waals surface area (Å²) in [5.74, 6) is 1.88. The number of halogens is 2. The van der Waals surface area contributed by atoms with E-state index in [1.807, 2.05) is 6.07 Å². The van der Waals surface area contributed by atoms with Crippen LogP contribution in [0.15, 0.2) is 24.3 Å². The van der Waals surface area contributed by atoms with Crippen LogP contribution >= 0.6 is 0 Å². The van der Waals surface area contributed by atoms with Gasteiger partial charge in [0.1, 0.15) is 5.75 Å². The highest BCUT2D eigenvalue weighted by atomic mass is 19.3. The predicted octanol–water partition coefficient (Wildman–Crippen LogP) is 5.44. The van der Waals surface area contributed by atoms with E-state index in [1.54, 1.807) is 18.2 Å². The summed E-state index contributed by atoms with van der Waals surface area (Å²) in [6.07, 6.45) is 8.80. The molecule has 2 rings (SSSR count). The van der Waals surface area contributed by atoms with Crippen LogP contribution in [0, 0.1) is 11.8 Å². The lowest BCUT2D eigenvalue weighted by molar-refractivity contribution is -0.0498. The molecule has 0 aliphatic heterocycles. The van der Waals surface area contributed by atoms with Crippen molar-refractivity contribution in [2.75, 3.05) is 0 Å². The summed E-state index contributed by atoms with van der Waals surface area (Å²) in [5, 5.41) is 0. The average molecular weight is 282 g/mol. The minimum Gasteiger partial charge on any atom is -0.435 e. The van der Waals surface area contributed by atoms with Gasteiger partial charge in [-0.25, -0.2) is 0 Å². The maximum absolute atomic E-state index is 12.2. The Bertz CT molecular complexity index is 398. The lowest BCUT2D eigenvalue weighted by atomic mass is 9.78. The van der Waals surface area contributed by atoms with E-state index >= 15 is 0 Å². The zero-order valence-corrected chi connectivity index (χ0v) is 12.2. The van der Waals surface area contributed by atoms with Gasteiger partial charge in [-0.1, -0.05) is 44.7 Å². The zero-order chi connectivity index (χ0) is 14.4. The fraction of sp³-hybridized carbons (Fsp3) is 0.647. The minimum absolute atomic E-state index is 0.275. The molecule has 0 unspecified atom stereocenters. The summed E-state index contributed by atoms with van der Waals surface area (Å²) in [6, 6.07) is 7.16. The quantitative estimate of drug-likeness (QED) is 0.675. The van der Waals surface area contributed by atoms with Crippen molar-refractivity contribution in [2.45, 2.75) is 58.5 Å². The van der Waals surface area contributed by atoms with Gasteiger partial charge >= 0.3 is 6.61 Å². The topological polar surface area (TPSA) is 9.23 Å². The lowest BCUT2D eigenvalue weighted by Crippen LogP contribution is -2.16. The first-order valence-corrected chi connectivity index (χ1v) is 7.71. The van der Waals surface area contributed by atoms with Gasteiger partial charge in [-0.2, -0.15) is 8.78 Å². The molecule has 0 spiro atoms. The largest absolute Gasteiger partial charge is 0.435 e. The molecule has 112 valence electrons. The molecule has 0 N–H and O–H groups in total. The molecule has 0 atom stereocenters. The van der Waals surface area contributed by atoms with Crippen LogP contribution in [-0.2, 0) is 6.42 Å². The third-order valence-electron chi connectivity index (χ3n) is 4.31. The first-order valence-electron chi connectivity index (χ1n) is 7.71. The second-order valence-electron chi connectivity index (χ2n) is 5.91. The van der Waals surface area contributed by atoms with Crippen LogP contribution in [0.3, 0.4) is 0 Å². The van der Waals surface area contributed by atoms with E-state index in [4.69, 9.17) is 0 Å². The fourth-order valence-electron chi connectivity index (χ4n) is 3.31. The summed E-state index contributed by atoms with van der Waals surface area (Å²) < 4.78 is 28.9. The Morgan fingerprint density at radius 1 is 1.15 bits per heavy atom. The van der Waals surface area contributed by atoms with E-state index < -0.39 is 6.61 Å². The van der Waals surface area contributed by atoms with Crippen LogP contribution in [0.25, 0.3) is 0 Å². The van der Waals surface area contributed by atoms with Gasteiger partial charge in [0.25, 0.3) is 0 Å². The van der Waals surface area contributed by atoms with E-state index in [1.165, 1.54) is 38.5 Å². The number of benzene rings is 1. The maximum Gasteiger partial charge on any atom is 0.387 e. The van der Waals surface area contributed by atoms with Gasteiger partial charge in [-0.3, -0.25) is 0 Å². The van der Waals surface area contributed by atoms with Gasteiger partial charge in [0.2, 0.25) is 0 Å². The van der Waals surface area contributed by atoms with Crippen molar-refractivity contribution in [1.82, 2.24) is 0 Å².